The number of anilines is 2. The van der Waals surface area contributed by atoms with E-state index >= 15 is 0 Å². The van der Waals surface area contributed by atoms with Gasteiger partial charge in [-0.25, -0.2) is 9.18 Å². The summed E-state index contributed by atoms with van der Waals surface area (Å²) < 4.78 is 29.9. The summed E-state index contributed by atoms with van der Waals surface area (Å²) in [6.07, 6.45) is 1.41. The van der Waals surface area contributed by atoms with Crippen molar-refractivity contribution in [3.05, 3.63) is 84.3 Å². The van der Waals surface area contributed by atoms with Gasteiger partial charge in [0.05, 0.1) is 29.6 Å². The lowest BCUT2D eigenvalue weighted by Gasteiger charge is -2.17. The molecule has 0 fully saturated rings. The van der Waals surface area contributed by atoms with Crippen LogP contribution in [0.25, 0.3) is 10.9 Å². The van der Waals surface area contributed by atoms with Crippen LogP contribution in [0.5, 0.6) is 17.2 Å². The van der Waals surface area contributed by atoms with Crippen LogP contribution in [-0.4, -0.2) is 37.2 Å². The van der Waals surface area contributed by atoms with Gasteiger partial charge in [0.1, 0.15) is 23.9 Å². The number of carbonyl (C=O) groups is 2. The average molecular weight is 490 g/mol. The number of urea groups is 1. The molecular weight excluding hydrogens is 467 g/mol. The standard InChI is InChI=1S/C26H23FN4O5/c1-34-11-12-35-22-14-21-19(13-20(22)25(28)32)24(31-26(33)30-17-5-3-2-4-6-17)23(15-29-21)36-18-9-7-16(27)8-10-18/h2-10,13-15H,11-12H2,1H3,(H2,28,32)(H2,29,30,31,33). The van der Waals surface area contributed by atoms with Gasteiger partial charge in [0.25, 0.3) is 5.91 Å². The third-order valence-corrected chi connectivity index (χ3v) is 5.06. The molecule has 1 heterocycles. The number of methoxy groups -OCH3 is 1. The van der Waals surface area contributed by atoms with E-state index < -0.39 is 17.8 Å². The van der Waals surface area contributed by atoms with Gasteiger partial charge in [-0.1, -0.05) is 18.2 Å². The van der Waals surface area contributed by atoms with E-state index in [4.69, 9.17) is 19.9 Å². The number of aromatic nitrogens is 1. The molecule has 0 aliphatic heterocycles. The Kier molecular flexibility index (Phi) is 7.57. The Balaban J connectivity index is 1.77. The summed E-state index contributed by atoms with van der Waals surface area (Å²) in [7, 11) is 1.53. The number of pyridine rings is 1. The fraction of sp³-hybridized carbons (Fsp3) is 0.115. The first-order chi connectivity index (χ1) is 17.4. The second-order valence-electron chi connectivity index (χ2n) is 7.57. The normalized spacial score (nSPS) is 10.6. The molecule has 1 aromatic heterocycles. The van der Waals surface area contributed by atoms with Crippen LogP contribution in [0.2, 0.25) is 0 Å². The molecule has 0 aliphatic carbocycles. The molecule has 184 valence electrons. The van der Waals surface area contributed by atoms with Gasteiger partial charge >= 0.3 is 6.03 Å². The minimum Gasteiger partial charge on any atom is -0.490 e. The summed E-state index contributed by atoms with van der Waals surface area (Å²) in [5.41, 5.74) is 6.90. The molecule has 4 aromatic rings. The number of para-hydroxylation sites is 1. The molecule has 0 saturated carbocycles. The van der Waals surface area contributed by atoms with Crippen LogP contribution in [0.1, 0.15) is 10.4 Å². The molecular formula is C26H23FN4O5. The van der Waals surface area contributed by atoms with Crippen LogP contribution >= 0.6 is 0 Å². The van der Waals surface area contributed by atoms with Crippen molar-refractivity contribution in [1.82, 2.24) is 4.98 Å². The maximum atomic E-state index is 13.4. The molecule has 0 radical (unpaired) electrons. The lowest BCUT2D eigenvalue weighted by Crippen LogP contribution is -2.20. The maximum Gasteiger partial charge on any atom is 0.323 e. The molecule has 0 bridgehead atoms. The summed E-state index contributed by atoms with van der Waals surface area (Å²) in [5, 5.41) is 5.88. The summed E-state index contributed by atoms with van der Waals surface area (Å²) in [4.78, 5) is 29.5. The van der Waals surface area contributed by atoms with E-state index in [9.17, 15) is 14.0 Å². The fourth-order valence-corrected chi connectivity index (χ4v) is 3.38. The van der Waals surface area contributed by atoms with Crippen molar-refractivity contribution in [2.24, 2.45) is 5.73 Å². The topological polar surface area (TPSA) is 125 Å². The number of nitrogens with two attached hydrogens (primary N) is 1. The highest BCUT2D eigenvalue weighted by molar-refractivity contribution is 6.09. The number of nitrogens with zero attached hydrogens (tertiary/aromatic N) is 1. The summed E-state index contributed by atoms with van der Waals surface area (Å²) in [6.45, 7) is 0.499. The average Bonchev–Trinajstić information content (AvgIpc) is 2.87. The van der Waals surface area contributed by atoms with Crippen LogP contribution < -0.4 is 25.8 Å². The molecule has 4 N–H and O–H groups in total. The first-order valence-electron chi connectivity index (χ1n) is 10.9. The highest BCUT2D eigenvalue weighted by Crippen LogP contribution is 2.37. The lowest BCUT2D eigenvalue weighted by molar-refractivity contribution is 0.0992. The van der Waals surface area contributed by atoms with Gasteiger partial charge in [0.2, 0.25) is 0 Å². The summed E-state index contributed by atoms with van der Waals surface area (Å²) in [5.74, 6) is -0.438. The van der Waals surface area contributed by atoms with Crippen LogP contribution in [-0.2, 0) is 4.74 Å². The van der Waals surface area contributed by atoms with E-state index in [1.54, 1.807) is 30.3 Å². The van der Waals surface area contributed by atoms with Gasteiger partial charge in [-0.05, 0) is 42.5 Å². The largest absolute Gasteiger partial charge is 0.490 e. The highest BCUT2D eigenvalue weighted by Gasteiger charge is 2.19. The van der Waals surface area contributed by atoms with Crippen LogP contribution in [0.15, 0.2) is 72.9 Å². The second-order valence-corrected chi connectivity index (χ2v) is 7.57. The number of primary amides is 1. The SMILES string of the molecule is COCCOc1cc2ncc(Oc3ccc(F)cc3)c(NC(=O)Nc3ccccc3)c2cc1C(N)=O. The first-order valence-corrected chi connectivity index (χ1v) is 10.9. The number of hydrogen-bond donors (Lipinski definition) is 3. The number of nitrogens with one attached hydrogen (secondary N) is 2. The van der Waals surface area contributed by atoms with Crippen molar-refractivity contribution in [3.8, 4) is 17.2 Å². The minimum absolute atomic E-state index is 0.0888. The van der Waals surface area contributed by atoms with Crippen molar-refractivity contribution in [3.63, 3.8) is 0 Å². The van der Waals surface area contributed by atoms with Crippen molar-refractivity contribution in [2.45, 2.75) is 0 Å². The quantitative estimate of drug-likeness (QED) is 0.286. The van der Waals surface area contributed by atoms with E-state index in [1.807, 2.05) is 6.07 Å². The fourth-order valence-electron chi connectivity index (χ4n) is 3.38. The number of hydrogen-bond acceptors (Lipinski definition) is 6. The Hall–Kier alpha value is -4.70. The van der Waals surface area contributed by atoms with Gasteiger partial charge in [-0.3, -0.25) is 9.78 Å². The van der Waals surface area contributed by atoms with E-state index in [-0.39, 0.29) is 29.4 Å². The summed E-state index contributed by atoms with van der Waals surface area (Å²) in [6, 6.07) is 16.7. The number of rotatable bonds is 9. The summed E-state index contributed by atoms with van der Waals surface area (Å²) >= 11 is 0. The van der Waals surface area contributed by atoms with Gasteiger partial charge in [-0.15, -0.1) is 0 Å². The molecule has 9 nitrogen and oxygen atoms in total. The number of amides is 3. The first kappa shape index (κ1) is 24.4. The Morgan fingerprint density at radius 1 is 0.972 bits per heavy atom. The maximum absolute atomic E-state index is 13.4. The number of carbonyl (C=O) groups excluding carboxylic acids is 2. The molecule has 0 atom stereocenters. The van der Waals surface area contributed by atoms with Gasteiger partial charge in [0.15, 0.2) is 5.75 Å². The number of fused-ring (bicyclic) bond motifs is 1. The zero-order chi connectivity index (χ0) is 25.5. The highest BCUT2D eigenvalue weighted by atomic mass is 19.1. The second kappa shape index (κ2) is 11.2. The van der Waals surface area contributed by atoms with Gasteiger partial charge in [0, 0.05) is 24.2 Å². The third-order valence-electron chi connectivity index (χ3n) is 5.06. The van der Waals surface area contributed by atoms with Gasteiger partial charge < -0.3 is 30.6 Å². The van der Waals surface area contributed by atoms with E-state index in [2.05, 4.69) is 15.6 Å². The van der Waals surface area contributed by atoms with Crippen molar-refractivity contribution in [1.29, 1.82) is 0 Å². The van der Waals surface area contributed by atoms with Crippen LogP contribution in [0.4, 0.5) is 20.6 Å². The smallest absolute Gasteiger partial charge is 0.323 e. The van der Waals surface area contributed by atoms with Crippen LogP contribution in [0.3, 0.4) is 0 Å². The lowest BCUT2D eigenvalue weighted by atomic mass is 10.1. The van der Waals surface area contributed by atoms with Crippen molar-refractivity contribution < 1.29 is 28.2 Å². The molecule has 0 saturated heterocycles. The Labute approximate surface area is 206 Å². The predicted molar refractivity (Wildman–Crippen MR) is 133 cm³/mol. The van der Waals surface area contributed by atoms with Crippen molar-refractivity contribution in [2.75, 3.05) is 31.0 Å². The van der Waals surface area contributed by atoms with Crippen LogP contribution in [0, 0.1) is 5.82 Å². The molecule has 3 aromatic carbocycles. The molecule has 36 heavy (non-hydrogen) atoms. The zero-order valence-corrected chi connectivity index (χ0v) is 19.3. The Bertz CT molecular complexity index is 1380. The monoisotopic (exact) mass is 490 g/mol. The van der Waals surface area contributed by atoms with E-state index in [0.29, 0.717) is 28.9 Å². The van der Waals surface area contributed by atoms with E-state index in [0.717, 1.165) is 0 Å². The van der Waals surface area contributed by atoms with E-state index in [1.165, 1.54) is 43.6 Å². The number of benzene rings is 3. The number of halogens is 1. The molecule has 3 amide bonds. The molecule has 10 heteroatoms. The number of ether oxygens (including phenoxy) is 3. The third kappa shape index (κ3) is 5.86. The van der Waals surface area contributed by atoms with Crippen molar-refractivity contribution >= 4 is 34.2 Å². The van der Waals surface area contributed by atoms with Gasteiger partial charge in [-0.2, -0.15) is 0 Å². The Morgan fingerprint density at radius 3 is 2.42 bits per heavy atom. The minimum atomic E-state index is -0.728. The molecule has 0 unspecified atom stereocenters. The molecule has 0 aliphatic rings. The molecule has 4 rings (SSSR count). The molecule has 0 spiro atoms. The zero-order valence-electron chi connectivity index (χ0n) is 19.3. The predicted octanol–water partition coefficient (Wildman–Crippen LogP) is 4.93. The Morgan fingerprint density at radius 2 is 1.72 bits per heavy atom.